The molecule has 4 nitrogen and oxygen atoms in total. The lowest BCUT2D eigenvalue weighted by molar-refractivity contribution is 0.357. The largest absolute Gasteiger partial charge is 0.493 e. The fraction of sp³-hybridized carbons (Fsp3) is 0.400. The molecule has 2 aromatic rings. The van der Waals surface area contributed by atoms with E-state index >= 15 is 0 Å². The molecule has 0 radical (unpaired) electrons. The van der Waals surface area contributed by atoms with Crippen LogP contribution in [0.3, 0.4) is 0 Å². The fourth-order valence-corrected chi connectivity index (χ4v) is 2.60. The van der Waals surface area contributed by atoms with Crippen LogP contribution in [0.5, 0.6) is 5.75 Å². The predicted octanol–water partition coefficient (Wildman–Crippen LogP) is 1.83. The number of benzene rings is 1. The number of aromatic nitrogens is 2. The second kappa shape index (κ2) is 4.70. The number of nitrogens with two attached hydrogens (primary N) is 1. The van der Waals surface area contributed by atoms with E-state index in [0.717, 1.165) is 36.7 Å². The van der Waals surface area contributed by atoms with E-state index in [1.807, 2.05) is 13.1 Å². The third-order valence-corrected chi connectivity index (χ3v) is 3.80. The summed E-state index contributed by atoms with van der Waals surface area (Å²) in [4.78, 5) is 4.74. The van der Waals surface area contributed by atoms with E-state index in [-0.39, 0.29) is 0 Å². The van der Waals surface area contributed by atoms with Gasteiger partial charge in [0.25, 0.3) is 0 Å². The Labute approximate surface area is 113 Å². The molecule has 1 aliphatic heterocycles. The summed E-state index contributed by atoms with van der Waals surface area (Å²) >= 11 is 0. The van der Waals surface area contributed by atoms with Gasteiger partial charge in [0, 0.05) is 31.1 Å². The van der Waals surface area contributed by atoms with E-state index in [0.29, 0.717) is 6.54 Å². The molecule has 0 spiro atoms. The minimum Gasteiger partial charge on any atom is -0.493 e. The molecule has 19 heavy (non-hydrogen) atoms. The molecule has 2 heterocycles. The summed E-state index contributed by atoms with van der Waals surface area (Å²) in [5, 5.41) is 0. The van der Waals surface area contributed by atoms with Crippen molar-refractivity contribution in [2.75, 3.05) is 13.2 Å². The van der Waals surface area contributed by atoms with E-state index in [1.165, 1.54) is 16.8 Å². The van der Waals surface area contributed by atoms with Gasteiger partial charge in [-0.1, -0.05) is 0 Å². The quantitative estimate of drug-likeness (QED) is 0.912. The summed E-state index contributed by atoms with van der Waals surface area (Å²) in [6.45, 7) is 3.52. The van der Waals surface area contributed by atoms with E-state index in [1.54, 1.807) is 0 Å². The minimum atomic E-state index is 0.627. The SMILES string of the molecule is Cc1c(-c2ccc3c(c2)CCO3)nc(CCN)n1C. The van der Waals surface area contributed by atoms with Gasteiger partial charge in [0.1, 0.15) is 11.6 Å². The standard InChI is InChI=1S/C15H19N3O/c1-10-15(17-14(5-7-16)18(10)2)12-3-4-13-11(9-12)6-8-19-13/h3-4,9H,5-8,16H2,1-2H3. The number of fused-ring (bicyclic) bond motifs is 1. The summed E-state index contributed by atoms with van der Waals surface area (Å²) < 4.78 is 7.68. The molecule has 0 saturated carbocycles. The van der Waals surface area contributed by atoms with Crippen LogP contribution in [0.15, 0.2) is 18.2 Å². The molecule has 1 aliphatic rings. The van der Waals surface area contributed by atoms with Crippen LogP contribution in [0.25, 0.3) is 11.3 Å². The fourth-order valence-electron chi connectivity index (χ4n) is 2.60. The molecule has 2 N–H and O–H groups in total. The maximum atomic E-state index is 5.63. The number of nitrogens with zero attached hydrogens (tertiary/aromatic N) is 2. The highest BCUT2D eigenvalue weighted by molar-refractivity contribution is 5.65. The molecule has 100 valence electrons. The third-order valence-electron chi connectivity index (χ3n) is 3.80. The first-order valence-corrected chi connectivity index (χ1v) is 6.69. The maximum Gasteiger partial charge on any atom is 0.122 e. The van der Waals surface area contributed by atoms with E-state index in [9.17, 15) is 0 Å². The second-order valence-electron chi connectivity index (χ2n) is 4.98. The van der Waals surface area contributed by atoms with Crippen molar-refractivity contribution in [3.05, 3.63) is 35.3 Å². The van der Waals surface area contributed by atoms with Gasteiger partial charge < -0.3 is 15.0 Å². The Kier molecular flexibility index (Phi) is 3.03. The smallest absolute Gasteiger partial charge is 0.122 e. The molecule has 0 fully saturated rings. The highest BCUT2D eigenvalue weighted by atomic mass is 16.5. The summed E-state index contributed by atoms with van der Waals surface area (Å²) in [7, 11) is 2.05. The molecule has 0 unspecified atom stereocenters. The van der Waals surface area contributed by atoms with Gasteiger partial charge in [-0.05, 0) is 37.2 Å². The van der Waals surface area contributed by atoms with Gasteiger partial charge >= 0.3 is 0 Å². The zero-order valence-corrected chi connectivity index (χ0v) is 11.4. The molecule has 3 rings (SSSR count). The van der Waals surface area contributed by atoms with Gasteiger partial charge in [-0.3, -0.25) is 0 Å². The van der Waals surface area contributed by atoms with Crippen LogP contribution in [0.2, 0.25) is 0 Å². The molecule has 4 heteroatoms. The number of rotatable bonds is 3. The molecular weight excluding hydrogens is 238 g/mol. The highest BCUT2D eigenvalue weighted by Crippen LogP contribution is 2.31. The van der Waals surface area contributed by atoms with Crippen molar-refractivity contribution in [1.29, 1.82) is 0 Å². The number of hydrogen-bond acceptors (Lipinski definition) is 3. The molecule has 0 saturated heterocycles. The number of ether oxygens (including phenoxy) is 1. The van der Waals surface area contributed by atoms with Crippen LogP contribution < -0.4 is 10.5 Å². The number of hydrogen-bond donors (Lipinski definition) is 1. The maximum absolute atomic E-state index is 5.63. The van der Waals surface area contributed by atoms with Gasteiger partial charge in [-0.15, -0.1) is 0 Å². The van der Waals surface area contributed by atoms with Gasteiger partial charge in [0.05, 0.1) is 12.3 Å². The monoisotopic (exact) mass is 257 g/mol. The van der Waals surface area contributed by atoms with Crippen LogP contribution in [0.1, 0.15) is 17.1 Å². The molecular formula is C15H19N3O. The third kappa shape index (κ3) is 2.02. The summed E-state index contributed by atoms with van der Waals surface area (Å²) in [6.07, 6.45) is 1.80. The molecule has 0 amide bonds. The topological polar surface area (TPSA) is 53.1 Å². The summed E-state index contributed by atoms with van der Waals surface area (Å²) in [6, 6.07) is 6.34. The summed E-state index contributed by atoms with van der Waals surface area (Å²) in [5.74, 6) is 2.06. The first kappa shape index (κ1) is 12.2. The number of imidazole rings is 1. The van der Waals surface area contributed by atoms with Crippen molar-refractivity contribution < 1.29 is 4.74 Å². The minimum absolute atomic E-state index is 0.627. The predicted molar refractivity (Wildman–Crippen MR) is 75.3 cm³/mol. The Morgan fingerprint density at radius 3 is 3.05 bits per heavy atom. The molecule has 0 aliphatic carbocycles. The Hall–Kier alpha value is -1.81. The first-order valence-electron chi connectivity index (χ1n) is 6.69. The van der Waals surface area contributed by atoms with Crippen molar-refractivity contribution in [1.82, 2.24) is 9.55 Å². The zero-order chi connectivity index (χ0) is 13.4. The normalized spacial score (nSPS) is 13.4. The Morgan fingerprint density at radius 2 is 2.26 bits per heavy atom. The van der Waals surface area contributed by atoms with Crippen LogP contribution in [0.4, 0.5) is 0 Å². The van der Waals surface area contributed by atoms with Crippen molar-refractivity contribution in [2.24, 2.45) is 12.8 Å². The van der Waals surface area contributed by atoms with E-state index in [4.69, 9.17) is 15.5 Å². The van der Waals surface area contributed by atoms with Crippen molar-refractivity contribution in [3.8, 4) is 17.0 Å². The Balaban J connectivity index is 2.04. The van der Waals surface area contributed by atoms with E-state index < -0.39 is 0 Å². The van der Waals surface area contributed by atoms with Gasteiger partial charge in [-0.25, -0.2) is 4.98 Å². The Morgan fingerprint density at radius 1 is 1.42 bits per heavy atom. The van der Waals surface area contributed by atoms with Crippen molar-refractivity contribution in [3.63, 3.8) is 0 Å². The summed E-state index contributed by atoms with van der Waals surface area (Å²) in [5.41, 5.74) is 10.3. The van der Waals surface area contributed by atoms with Gasteiger partial charge in [0.2, 0.25) is 0 Å². The lowest BCUT2D eigenvalue weighted by atomic mass is 10.1. The first-order chi connectivity index (χ1) is 9.20. The van der Waals surface area contributed by atoms with Crippen LogP contribution in [-0.2, 0) is 19.9 Å². The van der Waals surface area contributed by atoms with Crippen molar-refractivity contribution in [2.45, 2.75) is 19.8 Å². The zero-order valence-electron chi connectivity index (χ0n) is 11.4. The molecule has 1 aromatic heterocycles. The molecule has 0 bridgehead atoms. The highest BCUT2D eigenvalue weighted by Gasteiger charge is 2.16. The van der Waals surface area contributed by atoms with Gasteiger partial charge in [0.15, 0.2) is 0 Å². The molecule has 0 atom stereocenters. The average molecular weight is 257 g/mol. The lowest BCUT2D eigenvalue weighted by Crippen LogP contribution is -2.08. The second-order valence-corrected chi connectivity index (χ2v) is 4.98. The molecule has 1 aromatic carbocycles. The van der Waals surface area contributed by atoms with Crippen LogP contribution in [-0.4, -0.2) is 22.7 Å². The van der Waals surface area contributed by atoms with Crippen molar-refractivity contribution >= 4 is 0 Å². The van der Waals surface area contributed by atoms with Crippen LogP contribution in [0, 0.1) is 6.92 Å². The van der Waals surface area contributed by atoms with Gasteiger partial charge in [-0.2, -0.15) is 0 Å². The van der Waals surface area contributed by atoms with Crippen LogP contribution >= 0.6 is 0 Å². The van der Waals surface area contributed by atoms with E-state index in [2.05, 4.69) is 23.6 Å². The average Bonchev–Trinajstić information content (AvgIpc) is 2.98. The Bertz CT molecular complexity index is 616. The lowest BCUT2D eigenvalue weighted by Gasteiger charge is -2.03.